The van der Waals surface area contributed by atoms with Crippen molar-refractivity contribution in [2.24, 2.45) is 5.73 Å². The van der Waals surface area contributed by atoms with Gasteiger partial charge in [0.15, 0.2) is 11.5 Å². The number of benzene rings is 1. The molecule has 10 nitrogen and oxygen atoms in total. The van der Waals surface area contributed by atoms with Gasteiger partial charge in [0.1, 0.15) is 17.0 Å². The van der Waals surface area contributed by atoms with Crippen molar-refractivity contribution in [3.05, 3.63) is 95.1 Å². The molecule has 0 saturated carbocycles. The van der Waals surface area contributed by atoms with Crippen molar-refractivity contribution in [3.8, 4) is 28.9 Å². The van der Waals surface area contributed by atoms with Gasteiger partial charge >= 0.3 is 0 Å². The SMILES string of the molecule is CC(=O)NCC#Cc1ccc2nc(-c3cccnc3N)n(-c3ccc4c(c3)CCC4)c2n1.Cc1ccc(C(N)=O)cn1. The third-order valence-electron chi connectivity index (χ3n) is 6.76. The zero-order valence-electron chi connectivity index (χ0n) is 23.4. The zero-order chi connectivity index (χ0) is 29.6. The molecule has 4 heterocycles. The van der Waals surface area contributed by atoms with Crippen LogP contribution in [0.15, 0.2) is 67.0 Å². The number of primary amides is 1. The number of imidazole rings is 1. The molecule has 0 unspecified atom stereocenters. The van der Waals surface area contributed by atoms with Crippen LogP contribution in [0.25, 0.3) is 28.2 Å². The number of nitrogens with zero attached hydrogens (tertiary/aromatic N) is 5. The zero-order valence-corrected chi connectivity index (χ0v) is 23.4. The number of amides is 2. The van der Waals surface area contributed by atoms with E-state index in [1.165, 1.54) is 30.7 Å². The van der Waals surface area contributed by atoms with Crippen LogP contribution >= 0.6 is 0 Å². The molecule has 10 heteroatoms. The highest BCUT2D eigenvalue weighted by Crippen LogP contribution is 2.32. The standard InChI is InChI=1S/C25H22N6O.C7H8N2O/c1-16(32)27-13-3-7-19-10-12-22-25(29-19)31(20-11-9-17-5-2-6-18(17)15-20)24(30-22)21-8-4-14-28-23(21)26;1-5-2-3-6(4-9-5)7(8)10/h4,8-12,14-15H,2,5-6,13H2,1H3,(H2,26,28)(H,27,32);2-4H,1H3,(H2,8,10). The first-order valence-electron chi connectivity index (χ1n) is 13.5. The first kappa shape index (κ1) is 28.0. The lowest BCUT2D eigenvalue weighted by molar-refractivity contribution is -0.118. The Morgan fingerprint density at radius 1 is 1.02 bits per heavy atom. The third-order valence-corrected chi connectivity index (χ3v) is 6.76. The Kier molecular flexibility index (Phi) is 8.20. The van der Waals surface area contributed by atoms with E-state index in [2.05, 4.69) is 45.3 Å². The predicted molar refractivity (Wildman–Crippen MR) is 162 cm³/mol. The number of hydrogen-bond donors (Lipinski definition) is 3. The number of fused-ring (bicyclic) bond motifs is 2. The monoisotopic (exact) mass is 558 g/mol. The van der Waals surface area contributed by atoms with E-state index in [9.17, 15) is 9.59 Å². The van der Waals surface area contributed by atoms with Crippen molar-refractivity contribution in [2.45, 2.75) is 33.1 Å². The van der Waals surface area contributed by atoms with Crippen molar-refractivity contribution >= 4 is 28.8 Å². The molecule has 4 aromatic heterocycles. The van der Waals surface area contributed by atoms with Gasteiger partial charge in [0.25, 0.3) is 0 Å². The number of carbonyl (C=O) groups is 2. The lowest BCUT2D eigenvalue weighted by Crippen LogP contribution is -2.19. The molecule has 0 saturated heterocycles. The molecule has 210 valence electrons. The molecule has 1 aliphatic carbocycles. The minimum Gasteiger partial charge on any atom is -0.383 e. The summed E-state index contributed by atoms with van der Waals surface area (Å²) < 4.78 is 2.03. The van der Waals surface area contributed by atoms with Gasteiger partial charge in [-0.15, -0.1) is 0 Å². The normalized spacial score (nSPS) is 11.6. The maximum Gasteiger partial charge on any atom is 0.250 e. The van der Waals surface area contributed by atoms with Crippen LogP contribution in [-0.2, 0) is 17.6 Å². The molecular formula is C32H30N8O2. The van der Waals surface area contributed by atoms with Crippen molar-refractivity contribution in [1.29, 1.82) is 0 Å². The van der Waals surface area contributed by atoms with Crippen LogP contribution in [0.1, 0.15) is 46.2 Å². The highest BCUT2D eigenvalue weighted by molar-refractivity contribution is 5.92. The second-order valence-corrected chi connectivity index (χ2v) is 9.82. The molecule has 2 amide bonds. The highest BCUT2D eigenvalue weighted by atomic mass is 16.1. The number of pyridine rings is 3. The van der Waals surface area contributed by atoms with E-state index < -0.39 is 5.91 Å². The Labute approximate surface area is 243 Å². The molecule has 0 aliphatic heterocycles. The van der Waals surface area contributed by atoms with E-state index >= 15 is 0 Å². The lowest BCUT2D eigenvalue weighted by atomic mass is 10.1. The Morgan fingerprint density at radius 3 is 2.60 bits per heavy atom. The van der Waals surface area contributed by atoms with Crippen molar-refractivity contribution in [2.75, 3.05) is 12.3 Å². The number of aryl methyl sites for hydroxylation is 3. The molecule has 0 atom stereocenters. The minimum atomic E-state index is -0.438. The molecule has 5 N–H and O–H groups in total. The van der Waals surface area contributed by atoms with E-state index in [0.717, 1.165) is 35.3 Å². The fourth-order valence-corrected chi connectivity index (χ4v) is 4.67. The first-order chi connectivity index (χ1) is 20.3. The van der Waals surface area contributed by atoms with Crippen LogP contribution in [0, 0.1) is 18.8 Å². The molecule has 1 aromatic carbocycles. The maximum absolute atomic E-state index is 11.1. The maximum atomic E-state index is 11.1. The Hall–Kier alpha value is -5.56. The number of anilines is 1. The number of aromatic nitrogens is 5. The Morgan fingerprint density at radius 2 is 1.86 bits per heavy atom. The van der Waals surface area contributed by atoms with Crippen LogP contribution in [0.2, 0.25) is 0 Å². The largest absolute Gasteiger partial charge is 0.383 e. The summed E-state index contributed by atoms with van der Waals surface area (Å²) in [6.45, 7) is 3.59. The predicted octanol–water partition coefficient (Wildman–Crippen LogP) is 3.53. The molecule has 0 radical (unpaired) electrons. The van der Waals surface area contributed by atoms with Crippen LogP contribution in [-0.4, -0.2) is 42.9 Å². The van der Waals surface area contributed by atoms with Gasteiger partial charge < -0.3 is 16.8 Å². The van der Waals surface area contributed by atoms with E-state index in [0.29, 0.717) is 28.5 Å². The molecule has 5 aromatic rings. The minimum absolute atomic E-state index is 0.115. The van der Waals surface area contributed by atoms with Gasteiger partial charge in [-0.2, -0.15) is 0 Å². The van der Waals surface area contributed by atoms with Crippen LogP contribution in [0.3, 0.4) is 0 Å². The van der Waals surface area contributed by atoms with E-state index in [-0.39, 0.29) is 12.5 Å². The number of nitrogen functional groups attached to an aromatic ring is 1. The second-order valence-electron chi connectivity index (χ2n) is 9.82. The van der Waals surface area contributed by atoms with E-state index in [1.807, 2.05) is 35.8 Å². The number of nitrogens with one attached hydrogen (secondary N) is 1. The second kappa shape index (κ2) is 12.3. The highest BCUT2D eigenvalue weighted by Gasteiger charge is 2.20. The molecular weight excluding hydrogens is 528 g/mol. The fourth-order valence-electron chi connectivity index (χ4n) is 4.67. The average molecular weight is 559 g/mol. The van der Waals surface area contributed by atoms with E-state index in [1.54, 1.807) is 18.3 Å². The van der Waals surface area contributed by atoms with Crippen molar-refractivity contribution in [1.82, 2.24) is 29.8 Å². The molecule has 6 rings (SSSR count). The summed E-state index contributed by atoms with van der Waals surface area (Å²) in [6, 6.07) is 17.4. The third kappa shape index (κ3) is 6.26. The summed E-state index contributed by atoms with van der Waals surface area (Å²) in [4.78, 5) is 39.3. The quantitative estimate of drug-likeness (QED) is 0.285. The van der Waals surface area contributed by atoms with Crippen LogP contribution < -0.4 is 16.8 Å². The van der Waals surface area contributed by atoms with Crippen LogP contribution in [0.4, 0.5) is 5.82 Å². The summed E-state index contributed by atoms with van der Waals surface area (Å²) in [7, 11) is 0. The van der Waals surface area contributed by atoms with Gasteiger partial charge in [-0.25, -0.2) is 15.0 Å². The summed E-state index contributed by atoms with van der Waals surface area (Å²) in [5.74, 6) is 6.51. The van der Waals surface area contributed by atoms with Gasteiger partial charge in [0, 0.05) is 30.7 Å². The topological polar surface area (TPSA) is 155 Å². The molecule has 1 aliphatic rings. The van der Waals surface area contributed by atoms with Gasteiger partial charge in [-0.05, 0) is 91.8 Å². The van der Waals surface area contributed by atoms with Crippen molar-refractivity contribution < 1.29 is 9.59 Å². The molecule has 42 heavy (non-hydrogen) atoms. The molecule has 0 spiro atoms. The first-order valence-corrected chi connectivity index (χ1v) is 13.5. The summed E-state index contributed by atoms with van der Waals surface area (Å²) in [6.07, 6.45) is 6.51. The lowest BCUT2D eigenvalue weighted by Gasteiger charge is -2.12. The number of carbonyl (C=O) groups excluding carboxylic acids is 2. The van der Waals surface area contributed by atoms with E-state index in [4.69, 9.17) is 21.4 Å². The number of rotatable bonds is 4. The number of nitrogens with two attached hydrogens (primary N) is 2. The summed E-state index contributed by atoms with van der Waals surface area (Å²) in [5, 5.41) is 2.67. The van der Waals surface area contributed by atoms with Gasteiger partial charge in [-0.1, -0.05) is 12.0 Å². The molecule has 0 fully saturated rings. The van der Waals surface area contributed by atoms with Gasteiger partial charge in [0.2, 0.25) is 11.8 Å². The average Bonchev–Trinajstić information content (AvgIpc) is 3.60. The van der Waals surface area contributed by atoms with Crippen molar-refractivity contribution in [3.63, 3.8) is 0 Å². The summed E-state index contributed by atoms with van der Waals surface area (Å²) >= 11 is 0. The summed E-state index contributed by atoms with van der Waals surface area (Å²) in [5.41, 5.74) is 19.1. The molecule has 0 bridgehead atoms. The number of hydrogen-bond acceptors (Lipinski definition) is 7. The smallest absolute Gasteiger partial charge is 0.250 e. The Bertz CT molecular complexity index is 1850. The van der Waals surface area contributed by atoms with Gasteiger partial charge in [0.05, 0.1) is 17.7 Å². The van der Waals surface area contributed by atoms with Crippen LogP contribution in [0.5, 0.6) is 0 Å². The Balaban J connectivity index is 0.000000300. The fraction of sp³-hybridized carbons (Fsp3) is 0.188. The van der Waals surface area contributed by atoms with Gasteiger partial charge in [-0.3, -0.25) is 19.1 Å².